The Hall–Kier alpha value is -0.580. The van der Waals surface area contributed by atoms with Crippen LogP contribution in [0.3, 0.4) is 0 Å². The van der Waals surface area contributed by atoms with Crippen molar-refractivity contribution in [2.75, 3.05) is 0 Å². The first-order valence-corrected chi connectivity index (χ1v) is 8.06. The number of hydrogen-bond acceptors (Lipinski definition) is 2. The summed E-state index contributed by atoms with van der Waals surface area (Å²) in [5, 5.41) is 3.15. The van der Waals surface area contributed by atoms with E-state index >= 15 is 0 Å². The minimum Gasteiger partial charge on any atom is -0.351 e. The number of nitrogens with one attached hydrogen (secondary N) is 1. The summed E-state index contributed by atoms with van der Waals surface area (Å²) in [5.41, 5.74) is 6.11. The van der Waals surface area contributed by atoms with Gasteiger partial charge in [-0.2, -0.15) is 0 Å². The number of benzene rings is 1. The van der Waals surface area contributed by atoms with Crippen molar-refractivity contribution >= 4 is 34.2 Å². The third-order valence-corrected chi connectivity index (χ3v) is 4.87. The standard InChI is InChI=1S/C16H23BrN2O.ClH/c1-11-5-3-4-6-14(11)19-15(20)16(2,18)12-7-9-13(17)10-8-12;/h7-11,14H,3-6,18H2,1-2H3,(H,19,20);1H. The molecule has 0 radical (unpaired) electrons. The van der Waals surface area contributed by atoms with Gasteiger partial charge in [0.2, 0.25) is 5.91 Å². The van der Waals surface area contributed by atoms with E-state index in [1.165, 1.54) is 19.3 Å². The van der Waals surface area contributed by atoms with E-state index in [4.69, 9.17) is 5.73 Å². The van der Waals surface area contributed by atoms with Gasteiger partial charge in [0.25, 0.3) is 0 Å². The zero-order valence-corrected chi connectivity index (χ0v) is 15.0. The van der Waals surface area contributed by atoms with Crippen molar-refractivity contribution in [2.24, 2.45) is 11.7 Å². The molecule has 5 heteroatoms. The van der Waals surface area contributed by atoms with E-state index in [-0.39, 0.29) is 24.4 Å². The Balaban J connectivity index is 0.00000220. The molecule has 0 aromatic heterocycles. The Morgan fingerprint density at radius 2 is 1.86 bits per heavy atom. The second kappa shape index (κ2) is 7.61. The quantitative estimate of drug-likeness (QED) is 0.845. The lowest BCUT2D eigenvalue weighted by atomic mass is 9.84. The van der Waals surface area contributed by atoms with Gasteiger partial charge in [-0.15, -0.1) is 12.4 Å². The fourth-order valence-electron chi connectivity index (χ4n) is 2.78. The van der Waals surface area contributed by atoms with Crippen LogP contribution in [0.25, 0.3) is 0 Å². The largest absolute Gasteiger partial charge is 0.351 e. The van der Waals surface area contributed by atoms with Crippen LogP contribution in [0.5, 0.6) is 0 Å². The van der Waals surface area contributed by atoms with Crippen molar-refractivity contribution < 1.29 is 4.79 Å². The van der Waals surface area contributed by atoms with Gasteiger partial charge in [0, 0.05) is 10.5 Å². The predicted molar refractivity (Wildman–Crippen MR) is 92.5 cm³/mol. The molecule has 1 aliphatic carbocycles. The summed E-state index contributed by atoms with van der Waals surface area (Å²) in [4.78, 5) is 12.5. The van der Waals surface area contributed by atoms with E-state index < -0.39 is 5.54 Å². The van der Waals surface area contributed by atoms with Gasteiger partial charge in [-0.05, 0) is 43.4 Å². The first kappa shape index (κ1) is 18.5. The molecule has 1 fully saturated rings. The van der Waals surface area contributed by atoms with E-state index in [0.29, 0.717) is 5.92 Å². The maximum absolute atomic E-state index is 12.5. The number of halogens is 2. The monoisotopic (exact) mass is 374 g/mol. The van der Waals surface area contributed by atoms with Crippen molar-refractivity contribution in [1.82, 2.24) is 5.32 Å². The normalized spacial score (nSPS) is 24.6. The Morgan fingerprint density at radius 3 is 2.43 bits per heavy atom. The number of carbonyl (C=O) groups excluding carboxylic acids is 1. The summed E-state index contributed by atoms with van der Waals surface area (Å²) in [6, 6.07) is 7.88. The first-order chi connectivity index (χ1) is 9.41. The lowest BCUT2D eigenvalue weighted by molar-refractivity contribution is -0.127. The van der Waals surface area contributed by atoms with Crippen LogP contribution in [0.15, 0.2) is 28.7 Å². The van der Waals surface area contributed by atoms with E-state index in [2.05, 4.69) is 28.2 Å². The van der Waals surface area contributed by atoms with Crippen LogP contribution >= 0.6 is 28.3 Å². The lowest BCUT2D eigenvalue weighted by Crippen LogP contribution is -2.53. The molecule has 3 N–H and O–H groups in total. The Bertz CT molecular complexity index is 476. The first-order valence-electron chi connectivity index (χ1n) is 7.27. The summed E-state index contributed by atoms with van der Waals surface area (Å²) < 4.78 is 0.985. The molecule has 0 aliphatic heterocycles. The summed E-state index contributed by atoms with van der Waals surface area (Å²) in [6.45, 7) is 3.98. The minimum atomic E-state index is -0.988. The van der Waals surface area contributed by atoms with Crippen molar-refractivity contribution in [3.05, 3.63) is 34.3 Å². The molecule has 3 atom stereocenters. The van der Waals surface area contributed by atoms with E-state index in [1.54, 1.807) is 6.92 Å². The summed E-state index contributed by atoms with van der Waals surface area (Å²) in [6.07, 6.45) is 4.70. The fourth-order valence-corrected chi connectivity index (χ4v) is 3.04. The molecular formula is C16H24BrClN2O. The average Bonchev–Trinajstić information content (AvgIpc) is 2.41. The molecule has 1 aromatic carbocycles. The maximum atomic E-state index is 12.5. The zero-order chi connectivity index (χ0) is 14.8. The van der Waals surface area contributed by atoms with Crippen LogP contribution < -0.4 is 11.1 Å². The van der Waals surface area contributed by atoms with Crippen LogP contribution in [0.2, 0.25) is 0 Å². The van der Waals surface area contributed by atoms with Crippen LogP contribution in [-0.2, 0) is 10.3 Å². The second-order valence-electron chi connectivity index (χ2n) is 6.05. The molecule has 21 heavy (non-hydrogen) atoms. The number of carbonyl (C=O) groups is 1. The highest BCUT2D eigenvalue weighted by atomic mass is 79.9. The zero-order valence-electron chi connectivity index (χ0n) is 12.6. The Labute approximate surface area is 141 Å². The maximum Gasteiger partial charge on any atom is 0.244 e. The highest BCUT2D eigenvalue weighted by Crippen LogP contribution is 2.26. The molecule has 1 aromatic rings. The third kappa shape index (κ3) is 4.44. The molecule has 1 saturated carbocycles. The number of amides is 1. The number of hydrogen-bond donors (Lipinski definition) is 2. The molecule has 1 aliphatic rings. The van der Waals surface area contributed by atoms with Crippen LogP contribution in [-0.4, -0.2) is 11.9 Å². The molecule has 118 valence electrons. The van der Waals surface area contributed by atoms with Gasteiger partial charge in [0.1, 0.15) is 5.54 Å². The minimum absolute atomic E-state index is 0. The van der Waals surface area contributed by atoms with Crippen LogP contribution in [0.1, 0.15) is 45.1 Å². The fraction of sp³-hybridized carbons (Fsp3) is 0.562. The van der Waals surface area contributed by atoms with Crippen LogP contribution in [0.4, 0.5) is 0 Å². The van der Waals surface area contributed by atoms with E-state index in [1.807, 2.05) is 24.3 Å². The average molecular weight is 376 g/mol. The Morgan fingerprint density at radius 1 is 1.29 bits per heavy atom. The lowest BCUT2D eigenvalue weighted by Gasteiger charge is -2.33. The molecule has 3 nitrogen and oxygen atoms in total. The summed E-state index contributed by atoms with van der Waals surface area (Å²) >= 11 is 3.40. The Kier molecular flexibility index (Phi) is 6.70. The molecule has 0 heterocycles. The molecule has 0 spiro atoms. The van der Waals surface area contributed by atoms with E-state index in [0.717, 1.165) is 16.5 Å². The smallest absolute Gasteiger partial charge is 0.244 e. The van der Waals surface area contributed by atoms with Gasteiger partial charge in [-0.3, -0.25) is 4.79 Å². The van der Waals surface area contributed by atoms with Crippen molar-refractivity contribution in [1.29, 1.82) is 0 Å². The SMILES string of the molecule is CC1CCCCC1NC(=O)C(C)(N)c1ccc(Br)cc1.Cl. The van der Waals surface area contributed by atoms with Gasteiger partial charge >= 0.3 is 0 Å². The van der Waals surface area contributed by atoms with Crippen molar-refractivity contribution in [3.63, 3.8) is 0 Å². The predicted octanol–water partition coefficient (Wildman–Crippen LogP) is 3.74. The topological polar surface area (TPSA) is 55.1 Å². The summed E-state index contributed by atoms with van der Waals surface area (Å²) in [5.74, 6) is 0.451. The second-order valence-corrected chi connectivity index (χ2v) is 6.97. The van der Waals surface area contributed by atoms with Gasteiger partial charge in [0.15, 0.2) is 0 Å². The van der Waals surface area contributed by atoms with Gasteiger partial charge in [-0.1, -0.05) is 47.8 Å². The molecule has 0 saturated heterocycles. The molecule has 1 amide bonds. The summed E-state index contributed by atoms with van der Waals surface area (Å²) in [7, 11) is 0. The van der Waals surface area contributed by atoms with Gasteiger partial charge < -0.3 is 11.1 Å². The highest BCUT2D eigenvalue weighted by molar-refractivity contribution is 9.10. The number of nitrogens with two attached hydrogens (primary N) is 1. The molecule has 3 unspecified atom stereocenters. The molecular weight excluding hydrogens is 352 g/mol. The van der Waals surface area contributed by atoms with E-state index in [9.17, 15) is 4.79 Å². The van der Waals surface area contributed by atoms with Gasteiger partial charge in [-0.25, -0.2) is 0 Å². The van der Waals surface area contributed by atoms with Gasteiger partial charge in [0.05, 0.1) is 0 Å². The molecule has 2 rings (SSSR count). The third-order valence-electron chi connectivity index (χ3n) is 4.34. The number of rotatable bonds is 3. The highest BCUT2D eigenvalue weighted by Gasteiger charge is 2.33. The van der Waals surface area contributed by atoms with Crippen molar-refractivity contribution in [3.8, 4) is 0 Å². The van der Waals surface area contributed by atoms with Crippen molar-refractivity contribution in [2.45, 2.75) is 51.1 Å². The van der Waals surface area contributed by atoms with Crippen LogP contribution in [0, 0.1) is 5.92 Å². The molecule has 0 bridgehead atoms.